The molecule has 1 aliphatic heterocycles. The van der Waals surface area contributed by atoms with Gasteiger partial charge < -0.3 is 10.6 Å². The van der Waals surface area contributed by atoms with Crippen LogP contribution in [0.3, 0.4) is 0 Å². The minimum Gasteiger partial charge on any atom is -0.351 e. The Hall–Kier alpha value is -1.35. The highest BCUT2D eigenvalue weighted by atomic mass is 16.1. The largest absolute Gasteiger partial charge is 0.351 e. The molecule has 0 unspecified atom stereocenters. The molecule has 2 N–H and O–H groups in total. The Kier molecular flexibility index (Phi) is 4.02. The number of piperidine rings is 1. The third-order valence-electron chi connectivity index (χ3n) is 3.88. The number of aryl methyl sites for hydroxylation is 1. The van der Waals surface area contributed by atoms with E-state index in [2.05, 4.69) is 17.6 Å². The molecule has 1 aromatic rings. The van der Waals surface area contributed by atoms with Crippen molar-refractivity contribution in [1.82, 2.24) is 10.6 Å². The van der Waals surface area contributed by atoms with E-state index < -0.39 is 0 Å². The number of hydrogen-bond donors (Lipinski definition) is 2. The molecule has 1 fully saturated rings. The molecule has 3 nitrogen and oxygen atoms in total. The summed E-state index contributed by atoms with van der Waals surface area (Å²) in [5, 5.41) is 6.44. The molecular formula is C15H22N2O. The molecule has 0 aliphatic carbocycles. The first-order valence-corrected chi connectivity index (χ1v) is 6.65. The molecule has 0 atom stereocenters. The number of benzene rings is 1. The summed E-state index contributed by atoms with van der Waals surface area (Å²) in [5.74, 6) is 0.0489. The maximum Gasteiger partial charge on any atom is 0.251 e. The Morgan fingerprint density at radius 3 is 2.67 bits per heavy atom. The normalized spacial score (nSPS) is 18.3. The Morgan fingerprint density at radius 2 is 2.00 bits per heavy atom. The summed E-state index contributed by atoms with van der Waals surface area (Å²) >= 11 is 0. The quantitative estimate of drug-likeness (QED) is 0.857. The van der Waals surface area contributed by atoms with Crippen molar-refractivity contribution >= 4 is 5.91 Å². The lowest BCUT2D eigenvalue weighted by Crippen LogP contribution is -2.43. The molecule has 0 radical (unpaired) electrons. The first-order chi connectivity index (χ1) is 8.61. The highest BCUT2D eigenvalue weighted by molar-refractivity contribution is 5.95. The highest BCUT2D eigenvalue weighted by Gasteiger charge is 2.27. The van der Waals surface area contributed by atoms with Gasteiger partial charge in [-0.15, -0.1) is 0 Å². The van der Waals surface area contributed by atoms with E-state index in [0.717, 1.165) is 43.6 Å². The number of hydrogen-bond acceptors (Lipinski definition) is 2. The van der Waals surface area contributed by atoms with Gasteiger partial charge in [0.2, 0.25) is 0 Å². The van der Waals surface area contributed by atoms with E-state index in [0.29, 0.717) is 0 Å². The van der Waals surface area contributed by atoms with E-state index in [1.165, 1.54) is 0 Å². The summed E-state index contributed by atoms with van der Waals surface area (Å²) in [7, 11) is 0. The molecule has 0 saturated carbocycles. The fourth-order valence-electron chi connectivity index (χ4n) is 2.42. The van der Waals surface area contributed by atoms with Gasteiger partial charge in [0.05, 0.1) is 0 Å². The van der Waals surface area contributed by atoms with Gasteiger partial charge in [-0.3, -0.25) is 4.79 Å². The van der Waals surface area contributed by atoms with E-state index in [9.17, 15) is 4.79 Å². The molecule has 98 valence electrons. The lowest BCUT2D eigenvalue weighted by atomic mass is 9.81. The lowest BCUT2D eigenvalue weighted by Gasteiger charge is -2.34. The molecular weight excluding hydrogens is 224 g/mol. The molecule has 18 heavy (non-hydrogen) atoms. The average molecular weight is 246 g/mol. The molecule has 1 saturated heterocycles. The van der Waals surface area contributed by atoms with Crippen molar-refractivity contribution in [1.29, 1.82) is 0 Å². The fraction of sp³-hybridized carbons (Fsp3) is 0.533. The second-order valence-electron chi connectivity index (χ2n) is 5.56. The second kappa shape index (κ2) is 5.53. The van der Waals surface area contributed by atoms with Crippen molar-refractivity contribution in [2.24, 2.45) is 5.41 Å². The van der Waals surface area contributed by atoms with Gasteiger partial charge in [-0.1, -0.05) is 25.1 Å². The maximum atomic E-state index is 12.1. The Bertz CT molecular complexity index is 422. The first-order valence-electron chi connectivity index (χ1n) is 6.65. The standard InChI is InChI=1S/C15H22N2O/c1-12-5-3-4-6-13(12)14(18)17-11-15(2)7-9-16-10-8-15/h3-6,16H,7-11H2,1-2H3,(H,17,18). The van der Waals surface area contributed by atoms with Crippen LogP contribution in [0.1, 0.15) is 35.7 Å². The molecule has 0 aromatic heterocycles. The van der Waals surface area contributed by atoms with Crippen LogP contribution in [0, 0.1) is 12.3 Å². The van der Waals surface area contributed by atoms with Crippen LogP contribution in [0.25, 0.3) is 0 Å². The summed E-state index contributed by atoms with van der Waals surface area (Å²) in [6.07, 6.45) is 2.25. The van der Waals surface area contributed by atoms with Gasteiger partial charge in [-0.25, -0.2) is 0 Å². The van der Waals surface area contributed by atoms with Gasteiger partial charge in [0.1, 0.15) is 0 Å². The smallest absolute Gasteiger partial charge is 0.251 e. The van der Waals surface area contributed by atoms with Gasteiger partial charge in [0.25, 0.3) is 5.91 Å². The Morgan fingerprint density at radius 1 is 1.33 bits per heavy atom. The van der Waals surface area contributed by atoms with Crippen molar-refractivity contribution in [2.45, 2.75) is 26.7 Å². The predicted octanol–water partition coefficient (Wildman–Crippen LogP) is 2.11. The number of nitrogens with one attached hydrogen (secondary N) is 2. The van der Waals surface area contributed by atoms with E-state index in [1.807, 2.05) is 31.2 Å². The van der Waals surface area contributed by atoms with E-state index in [4.69, 9.17) is 0 Å². The molecule has 0 spiro atoms. The molecule has 1 amide bonds. The van der Waals surface area contributed by atoms with Crippen LogP contribution in [-0.2, 0) is 0 Å². The van der Waals surface area contributed by atoms with Crippen molar-refractivity contribution in [2.75, 3.05) is 19.6 Å². The SMILES string of the molecule is Cc1ccccc1C(=O)NCC1(C)CCNCC1. The number of carbonyl (C=O) groups is 1. The van der Waals surface area contributed by atoms with Crippen molar-refractivity contribution in [3.05, 3.63) is 35.4 Å². The minimum absolute atomic E-state index is 0.0489. The first kappa shape index (κ1) is 13.1. The maximum absolute atomic E-state index is 12.1. The van der Waals surface area contributed by atoms with Gasteiger partial charge in [0, 0.05) is 12.1 Å². The number of rotatable bonds is 3. The molecule has 2 rings (SSSR count). The van der Waals surface area contributed by atoms with Crippen LogP contribution in [0.15, 0.2) is 24.3 Å². The summed E-state index contributed by atoms with van der Waals surface area (Å²) in [6.45, 7) is 7.10. The summed E-state index contributed by atoms with van der Waals surface area (Å²) in [5.41, 5.74) is 2.06. The third-order valence-corrected chi connectivity index (χ3v) is 3.88. The molecule has 1 aliphatic rings. The third kappa shape index (κ3) is 3.10. The van der Waals surface area contributed by atoms with Crippen molar-refractivity contribution in [3.63, 3.8) is 0 Å². The Balaban J connectivity index is 1.94. The average Bonchev–Trinajstić information content (AvgIpc) is 2.38. The minimum atomic E-state index is 0.0489. The van der Waals surface area contributed by atoms with Crippen molar-refractivity contribution in [3.8, 4) is 0 Å². The van der Waals surface area contributed by atoms with Crippen LogP contribution in [0.4, 0.5) is 0 Å². The van der Waals surface area contributed by atoms with Gasteiger partial charge in [0.15, 0.2) is 0 Å². The summed E-state index contributed by atoms with van der Waals surface area (Å²) in [6, 6.07) is 7.73. The van der Waals surface area contributed by atoms with Crippen LogP contribution in [0.5, 0.6) is 0 Å². The van der Waals surface area contributed by atoms with Gasteiger partial charge in [-0.2, -0.15) is 0 Å². The molecule has 0 bridgehead atoms. The van der Waals surface area contributed by atoms with E-state index in [1.54, 1.807) is 0 Å². The van der Waals surface area contributed by atoms with Gasteiger partial charge >= 0.3 is 0 Å². The lowest BCUT2D eigenvalue weighted by molar-refractivity contribution is 0.0921. The Labute approximate surface area is 109 Å². The monoisotopic (exact) mass is 246 g/mol. The zero-order valence-corrected chi connectivity index (χ0v) is 11.3. The number of amides is 1. The molecule has 1 heterocycles. The summed E-state index contributed by atoms with van der Waals surface area (Å²) < 4.78 is 0. The topological polar surface area (TPSA) is 41.1 Å². The summed E-state index contributed by atoms with van der Waals surface area (Å²) in [4.78, 5) is 12.1. The molecule has 1 aromatic carbocycles. The zero-order valence-electron chi connectivity index (χ0n) is 11.3. The van der Waals surface area contributed by atoms with Gasteiger partial charge in [-0.05, 0) is 49.9 Å². The van der Waals surface area contributed by atoms with Crippen molar-refractivity contribution < 1.29 is 4.79 Å². The van der Waals surface area contributed by atoms with E-state index in [-0.39, 0.29) is 11.3 Å². The van der Waals surface area contributed by atoms with Crippen LogP contribution >= 0.6 is 0 Å². The van der Waals surface area contributed by atoms with Crippen LogP contribution < -0.4 is 10.6 Å². The van der Waals surface area contributed by atoms with Crippen LogP contribution in [-0.4, -0.2) is 25.5 Å². The second-order valence-corrected chi connectivity index (χ2v) is 5.56. The number of carbonyl (C=O) groups excluding carboxylic acids is 1. The fourth-order valence-corrected chi connectivity index (χ4v) is 2.42. The zero-order chi connectivity index (χ0) is 13.0. The van der Waals surface area contributed by atoms with E-state index >= 15 is 0 Å². The predicted molar refractivity (Wildman–Crippen MR) is 73.7 cm³/mol. The van der Waals surface area contributed by atoms with Crippen LogP contribution in [0.2, 0.25) is 0 Å². The highest BCUT2D eigenvalue weighted by Crippen LogP contribution is 2.26. The molecule has 3 heteroatoms.